The molecule has 0 bridgehead atoms. The third kappa shape index (κ3) is 10.7. The van der Waals surface area contributed by atoms with Crippen molar-refractivity contribution in [3.05, 3.63) is 0 Å². The molecule has 0 aromatic carbocycles. The molecule has 2 amide bonds. The maximum atomic E-state index is 11.9. The van der Waals surface area contributed by atoms with Crippen LogP contribution < -0.4 is 16.0 Å². The summed E-state index contributed by atoms with van der Waals surface area (Å²) in [4.78, 5) is 23.4. The van der Waals surface area contributed by atoms with E-state index in [1.807, 2.05) is 13.8 Å². The predicted octanol–water partition coefficient (Wildman–Crippen LogP) is -0.0789. The number of carbonyl (C=O) groups is 2. The van der Waals surface area contributed by atoms with E-state index in [-0.39, 0.29) is 30.8 Å². The topological polar surface area (TPSA) is 79.5 Å². The molecule has 0 saturated heterocycles. The lowest BCUT2D eigenvalue weighted by molar-refractivity contribution is -0.129. The molecule has 0 spiro atoms. The van der Waals surface area contributed by atoms with E-state index in [1.165, 1.54) is 0 Å². The van der Waals surface area contributed by atoms with Gasteiger partial charge in [-0.2, -0.15) is 0 Å². The van der Waals surface area contributed by atoms with Crippen LogP contribution in [0.5, 0.6) is 0 Å². The molecule has 0 rings (SSSR count). The number of likely N-dealkylation sites (N-methyl/N-ethyl adjacent to an activating group) is 1. The lowest BCUT2D eigenvalue weighted by atomic mass is 10.0. The van der Waals surface area contributed by atoms with Crippen molar-refractivity contribution in [2.75, 3.05) is 33.9 Å². The molecule has 0 unspecified atom stereocenters. The van der Waals surface area contributed by atoms with E-state index < -0.39 is 6.04 Å². The summed E-state index contributed by atoms with van der Waals surface area (Å²) in [5, 5.41) is 8.21. The van der Waals surface area contributed by atoms with Gasteiger partial charge in [-0.25, -0.2) is 0 Å². The number of methoxy groups -OCH3 is 1. The molecule has 3 N–H and O–H groups in total. The number of hydrogen-bond donors (Lipinski definition) is 3. The lowest BCUT2D eigenvalue weighted by Gasteiger charge is -2.20. The third-order valence-corrected chi connectivity index (χ3v) is 2.30. The maximum Gasteiger partial charge on any atom is 0.242 e. The van der Waals surface area contributed by atoms with E-state index in [9.17, 15) is 9.59 Å². The van der Waals surface area contributed by atoms with Crippen molar-refractivity contribution < 1.29 is 14.3 Å². The number of carbonyl (C=O) groups excluding carboxylic acids is 2. The molecule has 0 aromatic rings. The Bertz CT molecular complexity index is 263. The van der Waals surface area contributed by atoms with Crippen molar-refractivity contribution in [1.29, 1.82) is 0 Å². The minimum absolute atomic E-state index is 0. The second-order valence-corrected chi connectivity index (χ2v) is 4.56. The van der Waals surface area contributed by atoms with Crippen molar-refractivity contribution in [2.45, 2.75) is 26.3 Å². The van der Waals surface area contributed by atoms with Gasteiger partial charge in [0.15, 0.2) is 0 Å². The molecule has 0 radical (unpaired) electrons. The summed E-state index contributed by atoms with van der Waals surface area (Å²) in [7, 11) is 3.27. The molecule has 0 aliphatic heterocycles. The molecular weight excluding hydrogens is 270 g/mol. The summed E-state index contributed by atoms with van der Waals surface area (Å²) in [5.74, 6) is -0.00620. The summed E-state index contributed by atoms with van der Waals surface area (Å²) in [6.07, 6.45) is 0.619. The second kappa shape index (κ2) is 12.2. The lowest BCUT2D eigenvalue weighted by Crippen LogP contribution is -2.49. The average Bonchev–Trinajstić information content (AvgIpc) is 2.28. The van der Waals surface area contributed by atoms with E-state index in [4.69, 9.17) is 4.74 Å². The third-order valence-electron chi connectivity index (χ3n) is 2.30. The number of ether oxygens (including phenoxy) is 1. The number of nitrogens with one attached hydrogen (secondary N) is 3. The van der Waals surface area contributed by atoms with Crippen LogP contribution in [0.2, 0.25) is 0 Å². The SMILES string of the molecule is CNCC(=O)N[C@@H](CC(C)C)C(=O)NCCOC.Cl. The van der Waals surface area contributed by atoms with E-state index >= 15 is 0 Å². The van der Waals surface area contributed by atoms with Gasteiger partial charge in [0, 0.05) is 13.7 Å². The molecule has 1 atom stereocenters. The largest absolute Gasteiger partial charge is 0.383 e. The van der Waals surface area contributed by atoms with Crippen molar-refractivity contribution >= 4 is 24.2 Å². The van der Waals surface area contributed by atoms with Gasteiger partial charge in [-0.05, 0) is 19.4 Å². The summed E-state index contributed by atoms with van der Waals surface area (Å²) in [5.41, 5.74) is 0. The Morgan fingerprint density at radius 2 is 1.89 bits per heavy atom. The fraction of sp³-hybridized carbons (Fsp3) is 0.833. The van der Waals surface area contributed by atoms with Crippen LogP contribution in [0.4, 0.5) is 0 Å². The highest BCUT2D eigenvalue weighted by Crippen LogP contribution is 2.04. The molecule has 0 saturated carbocycles. The van der Waals surface area contributed by atoms with Crippen LogP contribution in [-0.4, -0.2) is 51.7 Å². The molecule has 6 nitrogen and oxygen atoms in total. The van der Waals surface area contributed by atoms with Crippen molar-refractivity contribution in [2.24, 2.45) is 5.92 Å². The van der Waals surface area contributed by atoms with Crippen molar-refractivity contribution in [3.63, 3.8) is 0 Å². The number of amides is 2. The van der Waals surface area contributed by atoms with Crippen molar-refractivity contribution in [1.82, 2.24) is 16.0 Å². The Kier molecular flexibility index (Phi) is 13.1. The molecule has 0 aliphatic rings. The molecule has 0 aliphatic carbocycles. The Balaban J connectivity index is 0. The normalized spacial score (nSPS) is 11.6. The molecule has 0 heterocycles. The highest BCUT2D eigenvalue weighted by atomic mass is 35.5. The summed E-state index contributed by atoms with van der Waals surface area (Å²) in [6.45, 7) is 5.15. The molecule has 0 aromatic heterocycles. The van der Waals surface area contributed by atoms with Crippen LogP contribution in [0.15, 0.2) is 0 Å². The number of halogens is 1. The Morgan fingerprint density at radius 1 is 1.26 bits per heavy atom. The average molecular weight is 296 g/mol. The molecule has 7 heteroatoms. The van der Waals surface area contributed by atoms with Gasteiger partial charge in [0.25, 0.3) is 0 Å². The van der Waals surface area contributed by atoms with Crippen LogP contribution in [0.25, 0.3) is 0 Å². The van der Waals surface area contributed by atoms with Gasteiger partial charge in [-0.1, -0.05) is 13.8 Å². The smallest absolute Gasteiger partial charge is 0.242 e. The van der Waals surface area contributed by atoms with Crippen molar-refractivity contribution in [3.8, 4) is 0 Å². The van der Waals surface area contributed by atoms with E-state index in [1.54, 1.807) is 14.2 Å². The first-order chi connectivity index (χ1) is 8.51. The minimum atomic E-state index is -0.484. The zero-order valence-electron chi connectivity index (χ0n) is 12.1. The first-order valence-corrected chi connectivity index (χ1v) is 6.21. The van der Waals surface area contributed by atoms with Gasteiger partial charge in [0.2, 0.25) is 11.8 Å². The van der Waals surface area contributed by atoms with Crippen LogP contribution in [-0.2, 0) is 14.3 Å². The van der Waals surface area contributed by atoms with E-state index in [0.29, 0.717) is 25.5 Å². The minimum Gasteiger partial charge on any atom is -0.383 e. The van der Waals surface area contributed by atoms with Crippen LogP contribution in [0, 0.1) is 5.92 Å². The van der Waals surface area contributed by atoms with Crippen LogP contribution >= 0.6 is 12.4 Å². The second-order valence-electron chi connectivity index (χ2n) is 4.56. The Hall–Kier alpha value is -0.850. The first-order valence-electron chi connectivity index (χ1n) is 6.21. The van der Waals surface area contributed by atoms with Gasteiger partial charge < -0.3 is 20.7 Å². The van der Waals surface area contributed by atoms with Gasteiger partial charge in [-0.3, -0.25) is 9.59 Å². The zero-order valence-corrected chi connectivity index (χ0v) is 12.9. The van der Waals surface area contributed by atoms with E-state index in [0.717, 1.165) is 0 Å². The quantitative estimate of drug-likeness (QED) is 0.520. The van der Waals surface area contributed by atoms with Crippen LogP contribution in [0.1, 0.15) is 20.3 Å². The van der Waals surface area contributed by atoms with Gasteiger partial charge in [0.05, 0.1) is 13.2 Å². The first kappa shape index (κ1) is 20.5. The fourth-order valence-corrected chi connectivity index (χ4v) is 1.51. The summed E-state index contributed by atoms with van der Waals surface area (Å²) < 4.78 is 4.86. The number of rotatable bonds is 9. The van der Waals surface area contributed by atoms with Gasteiger partial charge in [0.1, 0.15) is 6.04 Å². The standard InChI is InChI=1S/C12H25N3O3.ClH/c1-9(2)7-10(15-11(16)8-13-3)12(17)14-5-6-18-4;/h9-10,13H,5-8H2,1-4H3,(H,14,17)(H,15,16);1H/t10-;/m0./s1. The summed E-state index contributed by atoms with van der Waals surface area (Å²) in [6, 6.07) is -0.484. The molecule has 114 valence electrons. The summed E-state index contributed by atoms with van der Waals surface area (Å²) >= 11 is 0. The van der Waals surface area contributed by atoms with Gasteiger partial charge in [-0.15, -0.1) is 12.4 Å². The highest BCUT2D eigenvalue weighted by molar-refractivity contribution is 5.88. The fourth-order valence-electron chi connectivity index (χ4n) is 1.51. The van der Waals surface area contributed by atoms with Gasteiger partial charge >= 0.3 is 0 Å². The Labute approximate surface area is 121 Å². The predicted molar refractivity (Wildman–Crippen MR) is 77.4 cm³/mol. The molecular formula is C12H26ClN3O3. The maximum absolute atomic E-state index is 11.9. The van der Waals surface area contributed by atoms with E-state index in [2.05, 4.69) is 16.0 Å². The molecule has 0 fully saturated rings. The Morgan fingerprint density at radius 3 is 2.37 bits per heavy atom. The number of hydrogen-bond acceptors (Lipinski definition) is 4. The molecule has 19 heavy (non-hydrogen) atoms. The van der Waals surface area contributed by atoms with Crippen LogP contribution in [0.3, 0.4) is 0 Å². The zero-order chi connectivity index (χ0) is 14.0. The highest BCUT2D eigenvalue weighted by Gasteiger charge is 2.21. The monoisotopic (exact) mass is 295 g/mol.